The third-order valence-electron chi connectivity index (χ3n) is 5.84. The highest BCUT2D eigenvalue weighted by Crippen LogP contribution is 2.27. The number of ether oxygens (including phenoxy) is 1. The van der Waals surface area contributed by atoms with Gasteiger partial charge in [0, 0.05) is 32.0 Å². The van der Waals surface area contributed by atoms with Crippen molar-refractivity contribution in [2.24, 2.45) is 5.92 Å². The molecule has 1 N–H and O–H groups in total. The lowest BCUT2D eigenvalue weighted by atomic mass is 10.0. The summed E-state index contributed by atoms with van der Waals surface area (Å²) in [5, 5.41) is 3.38. The molecule has 2 unspecified atom stereocenters. The summed E-state index contributed by atoms with van der Waals surface area (Å²) in [4.78, 5) is 37.8. The van der Waals surface area contributed by atoms with E-state index < -0.39 is 6.04 Å². The number of carbonyl (C=O) groups excluding carboxylic acids is 1. The number of nitrogens with one attached hydrogen (secondary N) is 1. The van der Waals surface area contributed by atoms with Gasteiger partial charge < -0.3 is 19.5 Å². The minimum Gasteiger partial charge on any atom is -0.372 e. The first-order valence-corrected chi connectivity index (χ1v) is 11.5. The van der Waals surface area contributed by atoms with Gasteiger partial charge in [0.25, 0.3) is 0 Å². The van der Waals surface area contributed by atoms with Gasteiger partial charge in [-0.3, -0.25) is 4.79 Å². The van der Waals surface area contributed by atoms with E-state index in [1.807, 2.05) is 51.0 Å². The third kappa shape index (κ3) is 4.66. The van der Waals surface area contributed by atoms with Crippen LogP contribution >= 0.6 is 0 Å². The molecule has 0 bridgehead atoms. The number of carbonyl (C=O) groups is 1. The molecule has 0 radical (unpaired) electrons. The summed E-state index contributed by atoms with van der Waals surface area (Å²) >= 11 is 0. The molecule has 4 heterocycles. The Morgan fingerprint density at radius 3 is 2.42 bits per heavy atom. The molecule has 33 heavy (non-hydrogen) atoms. The van der Waals surface area contributed by atoms with Crippen molar-refractivity contribution in [3.63, 3.8) is 0 Å². The van der Waals surface area contributed by atoms with Crippen molar-refractivity contribution in [3.8, 4) is 11.4 Å². The Bertz CT molecular complexity index is 1120. The van der Waals surface area contributed by atoms with Crippen LogP contribution < -0.4 is 5.32 Å². The van der Waals surface area contributed by atoms with E-state index in [-0.39, 0.29) is 24.0 Å². The number of aromatic nitrogens is 6. The highest BCUT2D eigenvalue weighted by atomic mass is 16.5. The molecule has 0 aromatic carbocycles. The Morgan fingerprint density at radius 1 is 1.15 bits per heavy atom. The van der Waals surface area contributed by atoms with E-state index in [1.165, 1.54) is 6.33 Å². The van der Waals surface area contributed by atoms with Crippen LogP contribution in [-0.2, 0) is 16.1 Å². The van der Waals surface area contributed by atoms with Crippen molar-refractivity contribution in [2.45, 2.75) is 66.3 Å². The van der Waals surface area contributed by atoms with Crippen LogP contribution in [0.5, 0.6) is 0 Å². The minimum absolute atomic E-state index is 0.0100. The molecule has 10 heteroatoms. The van der Waals surface area contributed by atoms with Gasteiger partial charge in [0.15, 0.2) is 17.0 Å². The summed E-state index contributed by atoms with van der Waals surface area (Å²) in [6, 6.07) is -0.446. The molecule has 10 nitrogen and oxygen atoms in total. The van der Waals surface area contributed by atoms with Crippen LogP contribution in [-0.4, -0.2) is 71.6 Å². The molecule has 176 valence electrons. The summed E-state index contributed by atoms with van der Waals surface area (Å²) in [6.45, 7) is 13.8. The van der Waals surface area contributed by atoms with E-state index >= 15 is 0 Å². The first-order chi connectivity index (χ1) is 15.8. The maximum absolute atomic E-state index is 13.5. The van der Waals surface area contributed by atoms with Crippen LogP contribution in [0.4, 0.5) is 5.82 Å². The van der Waals surface area contributed by atoms with Crippen molar-refractivity contribution in [1.82, 2.24) is 34.4 Å². The lowest BCUT2D eigenvalue weighted by Gasteiger charge is -2.38. The molecule has 0 aliphatic carbocycles. The van der Waals surface area contributed by atoms with E-state index in [2.05, 4.69) is 25.3 Å². The van der Waals surface area contributed by atoms with Crippen LogP contribution in [0.1, 0.15) is 40.4 Å². The molecular weight excluding hydrogens is 420 g/mol. The van der Waals surface area contributed by atoms with Gasteiger partial charge in [0.2, 0.25) is 5.91 Å². The normalized spacial score (nSPS) is 19.8. The Balaban J connectivity index is 1.69. The van der Waals surface area contributed by atoms with Gasteiger partial charge in [-0.2, -0.15) is 0 Å². The second-order valence-corrected chi connectivity index (χ2v) is 8.96. The second kappa shape index (κ2) is 9.38. The molecule has 0 spiro atoms. The maximum atomic E-state index is 13.5. The first-order valence-electron chi connectivity index (χ1n) is 11.5. The lowest BCUT2D eigenvalue weighted by molar-refractivity contribution is -0.144. The number of fused-ring (bicyclic) bond motifs is 1. The highest BCUT2D eigenvalue weighted by molar-refractivity contribution is 5.90. The van der Waals surface area contributed by atoms with Gasteiger partial charge in [-0.05, 0) is 33.6 Å². The number of aryl methyl sites for hydroxylation is 2. The maximum Gasteiger partial charge on any atom is 0.245 e. The Hall–Kier alpha value is -3.14. The van der Waals surface area contributed by atoms with Crippen molar-refractivity contribution in [3.05, 3.63) is 24.5 Å². The topological polar surface area (TPSA) is 111 Å². The van der Waals surface area contributed by atoms with Crippen molar-refractivity contribution in [1.29, 1.82) is 0 Å². The fourth-order valence-electron chi connectivity index (χ4n) is 4.29. The Morgan fingerprint density at radius 2 is 1.82 bits per heavy atom. The fraction of sp³-hybridized carbons (Fsp3) is 0.565. The van der Waals surface area contributed by atoms with Crippen LogP contribution in [0.25, 0.3) is 22.6 Å². The van der Waals surface area contributed by atoms with E-state index in [1.54, 1.807) is 12.4 Å². The number of anilines is 1. The van der Waals surface area contributed by atoms with E-state index in [9.17, 15) is 4.79 Å². The Kier molecular flexibility index (Phi) is 6.55. The SMILES string of the molecule is CCn1c(-c2cnc(C)nc2)nc2c(N[C@@H](C(=O)N3CC(C)OC(C)C3)C(C)C)ncnc21. The average Bonchev–Trinajstić information content (AvgIpc) is 3.16. The molecule has 1 amide bonds. The smallest absolute Gasteiger partial charge is 0.245 e. The summed E-state index contributed by atoms with van der Waals surface area (Å²) in [5.41, 5.74) is 2.13. The monoisotopic (exact) mass is 452 g/mol. The van der Waals surface area contributed by atoms with Crippen molar-refractivity contribution < 1.29 is 9.53 Å². The molecule has 3 aromatic rings. The van der Waals surface area contributed by atoms with Gasteiger partial charge in [0.1, 0.15) is 24.0 Å². The predicted molar refractivity (Wildman–Crippen MR) is 126 cm³/mol. The summed E-state index contributed by atoms with van der Waals surface area (Å²) < 4.78 is 7.81. The predicted octanol–water partition coefficient (Wildman–Crippen LogP) is 2.68. The van der Waals surface area contributed by atoms with Crippen molar-refractivity contribution >= 4 is 22.9 Å². The standard InChI is InChI=1S/C23H32N8O2/c1-7-31-21(17-8-24-16(6)25-9-17)29-19-20(26-12-27-22(19)31)28-18(13(2)3)23(32)30-10-14(4)33-15(5)11-30/h8-9,12-15,18H,7,10-11H2,1-6H3,(H,26,27,28)/t14?,15?,18-/m1/s1. The highest BCUT2D eigenvalue weighted by Gasteiger charge is 2.33. The van der Waals surface area contributed by atoms with Crippen LogP contribution in [0.15, 0.2) is 18.7 Å². The number of imidazole rings is 1. The lowest BCUT2D eigenvalue weighted by Crippen LogP contribution is -2.54. The molecule has 0 saturated carbocycles. The van der Waals surface area contributed by atoms with E-state index in [0.29, 0.717) is 42.4 Å². The zero-order valence-corrected chi connectivity index (χ0v) is 20.1. The number of hydrogen-bond acceptors (Lipinski definition) is 8. The molecule has 1 aliphatic rings. The fourth-order valence-corrected chi connectivity index (χ4v) is 4.29. The first kappa shape index (κ1) is 23.0. The number of nitrogens with zero attached hydrogens (tertiary/aromatic N) is 7. The third-order valence-corrected chi connectivity index (χ3v) is 5.84. The molecule has 1 aliphatic heterocycles. The van der Waals surface area contributed by atoms with E-state index in [0.717, 1.165) is 11.4 Å². The van der Waals surface area contributed by atoms with Crippen LogP contribution in [0.2, 0.25) is 0 Å². The number of amides is 1. The quantitative estimate of drug-likeness (QED) is 0.608. The van der Waals surface area contributed by atoms with Gasteiger partial charge in [-0.1, -0.05) is 13.8 Å². The van der Waals surface area contributed by atoms with Gasteiger partial charge >= 0.3 is 0 Å². The van der Waals surface area contributed by atoms with Crippen LogP contribution in [0.3, 0.4) is 0 Å². The molecule has 1 saturated heterocycles. The van der Waals surface area contributed by atoms with Gasteiger partial charge in [0.05, 0.1) is 17.8 Å². The summed E-state index contributed by atoms with van der Waals surface area (Å²) in [5.74, 6) is 2.06. The zero-order chi connectivity index (χ0) is 23.7. The molecule has 4 rings (SSSR count). The largest absolute Gasteiger partial charge is 0.372 e. The van der Waals surface area contributed by atoms with Crippen molar-refractivity contribution in [2.75, 3.05) is 18.4 Å². The molecule has 3 atom stereocenters. The number of morpholine rings is 1. The summed E-state index contributed by atoms with van der Waals surface area (Å²) in [7, 11) is 0. The molecule has 1 fully saturated rings. The number of hydrogen-bond donors (Lipinski definition) is 1. The van der Waals surface area contributed by atoms with Crippen LogP contribution in [0, 0.1) is 12.8 Å². The Labute approximate surface area is 193 Å². The minimum atomic E-state index is -0.446. The van der Waals surface area contributed by atoms with Gasteiger partial charge in [-0.15, -0.1) is 0 Å². The summed E-state index contributed by atoms with van der Waals surface area (Å²) in [6.07, 6.45) is 5.05. The molecular formula is C23H32N8O2. The number of rotatable bonds is 6. The zero-order valence-electron chi connectivity index (χ0n) is 20.1. The van der Waals surface area contributed by atoms with E-state index in [4.69, 9.17) is 9.72 Å². The van der Waals surface area contributed by atoms with Gasteiger partial charge in [-0.25, -0.2) is 24.9 Å². The average molecular weight is 453 g/mol. The second-order valence-electron chi connectivity index (χ2n) is 8.96. The molecule has 3 aromatic heterocycles.